The highest BCUT2D eigenvalue weighted by molar-refractivity contribution is 6.05. The second-order valence-corrected chi connectivity index (χ2v) is 4.95. The summed E-state index contributed by atoms with van der Waals surface area (Å²) >= 11 is 0. The summed E-state index contributed by atoms with van der Waals surface area (Å²) in [5, 5.41) is 16.0. The lowest BCUT2D eigenvalue weighted by Gasteiger charge is -2.08. The molecule has 0 spiro atoms. The number of nitro groups is 1. The van der Waals surface area contributed by atoms with Crippen LogP contribution < -0.4 is 10.6 Å². The highest BCUT2D eigenvalue weighted by atomic mass is 19.1. The second-order valence-electron chi connectivity index (χ2n) is 4.95. The first-order valence-electron chi connectivity index (χ1n) is 6.93. The van der Waals surface area contributed by atoms with E-state index < -0.39 is 17.5 Å². The minimum atomic E-state index is -0.834. The Hall–Kier alpha value is -3.29. The van der Waals surface area contributed by atoms with Gasteiger partial charge in [0.15, 0.2) is 0 Å². The maximum atomic E-state index is 12.6. The number of carbonyl (C=O) groups is 2. The Morgan fingerprint density at radius 1 is 1.12 bits per heavy atom. The fourth-order valence-corrected chi connectivity index (χ4v) is 2.02. The van der Waals surface area contributed by atoms with Crippen LogP contribution in [0.3, 0.4) is 0 Å². The average Bonchev–Trinajstić information content (AvgIpc) is 2.55. The van der Waals surface area contributed by atoms with Gasteiger partial charge in [0.25, 0.3) is 11.6 Å². The van der Waals surface area contributed by atoms with E-state index in [2.05, 4.69) is 10.6 Å². The lowest BCUT2D eigenvalue weighted by molar-refractivity contribution is -0.384. The van der Waals surface area contributed by atoms with Gasteiger partial charge in [-0.2, -0.15) is 0 Å². The highest BCUT2D eigenvalue weighted by Crippen LogP contribution is 2.26. The van der Waals surface area contributed by atoms with Gasteiger partial charge < -0.3 is 10.6 Å². The molecule has 0 unspecified atom stereocenters. The summed E-state index contributed by atoms with van der Waals surface area (Å²) in [7, 11) is 0. The normalized spacial score (nSPS) is 10.1. The van der Waals surface area contributed by atoms with Crippen molar-refractivity contribution >= 4 is 28.9 Å². The molecule has 2 rings (SSSR count). The molecule has 0 saturated heterocycles. The van der Waals surface area contributed by atoms with E-state index in [-0.39, 0.29) is 28.4 Å². The number of amides is 2. The van der Waals surface area contributed by atoms with Gasteiger partial charge in [-0.05, 0) is 35.9 Å². The zero-order valence-corrected chi connectivity index (χ0v) is 12.7. The molecule has 2 amide bonds. The molecule has 2 aromatic rings. The number of alkyl halides is 1. The molecule has 0 atom stereocenters. The Morgan fingerprint density at radius 3 is 2.33 bits per heavy atom. The number of benzene rings is 2. The summed E-state index contributed by atoms with van der Waals surface area (Å²) in [5.74, 6) is -0.795. The van der Waals surface area contributed by atoms with Crippen LogP contribution in [0, 0.1) is 10.1 Å². The van der Waals surface area contributed by atoms with Gasteiger partial charge >= 0.3 is 0 Å². The molecule has 0 heterocycles. The van der Waals surface area contributed by atoms with Crippen LogP contribution in [0.5, 0.6) is 0 Å². The van der Waals surface area contributed by atoms with E-state index >= 15 is 0 Å². The van der Waals surface area contributed by atoms with E-state index in [1.165, 1.54) is 43.3 Å². The topological polar surface area (TPSA) is 101 Å². The third-order valence-corrected chi connectivity index (χ3v) is 3.13. The Labute approximate surface area is 136 Å². The van der Waals surface area contributed by atoms with Crippen LogP contribution in [0.25, 0.3) is 0 Å². The minimum Gasteiger partial charge on any atom is -0.326 e. The Kier molecular flexibility index (Phi) is 5.20. The fourth-order valence-electron chi connectivity index (χ4n) is 2.02. The molecule has 0 aliphatic heterocycles. The maximum absolute atomic E-state index is 12.6. The van der Waals surface area contributed by atoms with Gasteiger partial charge in [0.2, 0.25) is 5.91 Å². The summed E-state index contributed by atoms with van der Waals surface area (Å²) in [6.07, 6.45) is 0. The number of nitrogens with one attached hydrogen (secondary N) is 2. The number of hydrogen-bond donors (Lipinski definition) is 2. The van der Waals surface area contributed by atoms with Gasteiger partial charge in [-0.3, -0.25) is 19.7 Å². The SMILES string of the molecule is CC(=O)Nc1ccc(C(=O)Nc2ccc(CF)cc2[N+](=O)[O-])cc1. The van der Waals surface area contributed by atoms with E-state index in [9.17, 15) is 24.1 Å². The Bertz CT molecular complexity index is 790. The van der Waals surface area contributed by atoms with Crippen LogP contribution in [-0.4, -0.2) is 16.7 Å². The number of hydrogen-bond acceptors (Lipinski definition) is 4. The number of halogens is 1. The van der Waals surface area contributed by atoms with Crippen molar-refractivity contribution in [2.24, 2.45) is 0 Å². The monoisotopic (exact) mass is 331 g/mol. The number of anilines is 2. The number of carbonyl (C=O) groups excluding carboxylic acids is 2. The zero-order valence-electron chi connectivity index (χ0n) is 12.7. The van der Waals surface area contributed by atoms with Gasteiger partial charge in [-0.15, -0.1) is 0 Å². The maximum Gasteiger partial charge on any atom is 0.293 e. The van der Waals surface area contributed by atoms with Crippen LogP contribution in [0.15, 0.2) is 42.5 Å². The first-order valence-corrected chi connectivity index (χ1v) is 6.93. The second kappa shape index (κ2) is 7.32. The molecule has 0 aliphatic carbocycles. The van der Waals surface area contributed by atoms with Gasteiger partial charge in [-0.25, -0.2) is 4.39 Å². The first kappa shape index (κ1) is 17.1. The van der Waals surface area contributed by atoms with Gasteiger partial charge in [0, 0.05) is 24.2 Å². The zero-order chi connectivity index (χ0) is 17.7. The average molecular weight is 331 g/mol. The Morgan fingerprint density at radius 2 is 1.79 bits per heavy atom. The number of nitrogens with zero attached hydrogens (tertiary/aromatic N) is 1. The lowest BCUT2D eigenvalue weighted by atomic mass is 10.1. The summed E-state index contributed by atoms with van der Waals surface area (Å²) < 4.78 is 12.6. The van der Waals surface area contributed by atoms with Crippen molar-refractivity contribution in [1.29, 1.82) is 0 Å². The number of nitro benzene ring substituents is 1. The summed E-state index contributed by atoms with van der Waals surface area (Å²) in [5.41, 5.74) is 0.533. The molecular formula is C16H14FN3O4. The lowest BCUT2D eigenvalue weighted by Crippen LogP contribution is -2.13. The minimum absolute atomic E-state index is 0.0202. The first-order chi connectivity index (χ1) is 11.4. The summed E-state index contributed by atoms with van der Waals surface area (Å²) in [6, 6.07) is 9.76. The van der Waals surface area contributed by atoms with E-state index in [1.54, 1.807) is 0 Å². The van der Waals surface area contributed by atoms with Crippen molar-refractivity contribution in [3.8, 4) is 0 Å². The smallest absolute Gasteiger partial charge is 0.293 e. The molecular weight excluding hydrogens is 317 g/mol. The molecule has 0 bridgehead atoms. The molecule has 8 heteroatoms. The number of rotatable bonds is 5. The van der Waals surface area contributed by atoms with Crippen LogP contribution in [0.4, 0.5) is 21.5 Å². The van der Waals surface area contributed by atoms with Gasteiger partial charge in [-0.1, -0.05) is 6.07 Å². The fraction of sp³-hybridized carbons (Fsp3) is 0.125. The summed E-state index contributed by atoms with van der Waals surface area (Å²) in [6.45, 7) is 0.528. The molecule has 7 nitrogen and oxygen atoms in total. The van der Waals surface area contributed by atoms with Crippen molar-refractivity contribution in [3.05, 3.63) is 63.7 Å². The van der Waals surface area contributed by atoms with Crippen LogP contribution in [-0.2, 0) is 11.5 Å². The van der Waals surface area contributed by atoms with Crippen LogP contribution in [0.1, 0.15) is 22.8 Å². The molecule has 0 radical (unpaired) electrons. The predicted molar refractivity (Wildman–Crippen MR) is 86.6 cm³/mol. The van der Waals surface area contributed by atoms with E-state index in [1.807, 2.05) is 0 Å². The predicted octanol–water partition coefficient (Wildman–Crippen LogP) is 3.28. The van der Waals surface area contributed by atoms with E-state index in [0.29, 0.717) is 5.69 Å². The van der Waals surface area contributed by atoms with Crippen molar-refractivity contribution in [2.45, 2.75) is 13.6 Å². The molecule has 2 N–H and O–H groups in total. The van der Waals surface area contributed by atoms with Crippen molar-refractivity contribution in [3.63, 3.8) is 0 Å². The van der Waals surface area contributed by atoms with Crippen LogP contribution >= 0.6 is 0 Å². The molecule has 124 valence electrons. The summed E-state index contributed by atoms with van der Waals surface area (Å²) in [4.78, 5) is 33.5. The van der Waals surface area contributed by atoms with E-state index in [0.717, 1.165) is 6.07 Å². The van der Waals surface area contributed by atoms with E-state index in [4.69, 9.17) is 0 Å². The van der Waals surface area contributed by atoms with Crippen molar-refractivity contribution in [2.75, 3.05) is 10.6 Å². The highest BCUT2D eigenvalue weighted by Gasteiger charge is 2.17. The van der Waals surface area contributed by atoms with Gasteiger partial charge in [0.05, 0.1) is 4.92 Å². The van der Waals surface area contributed by atoms with Crippen molar-refractivity contribution in [1.82, 2.24) is 0 Å². The molecule has 2 aromatic carbocycles. The molecule has 24 heavy (non-hydrogen) atoms. The third kappa shape index (κ3) is 4.13. The largest absolute Gasteiger partial charge is 0.326 e. The van der Waals surface area contributed by atoms with Crippen LogP contribution in [0.2, 0.25) is 0 Å². The standard InChI is InChI=1S/C16H14FN3O4/c1-10(21)18-13-5-3-12(4-6-13)16(22)19-14-7-2-11(9-17)8-15(14)20(23)24/h2-8H,9H2,1H3,(H,18,21)(H,19,22). The third-order valence-electron chi connectivity index (χ3n) is 3.13. The van der Waals surface area contributed by atoms with Gasteiger partial charge in [0.1, 0.15) is 12.4 Å². The quantitative estimate of drug-likeness (QED) is 0.648. The Balaban J connectivity index is 2.20. The molecule has 0 fully saturated rings. The molecule has 0 aromatic heterocycles. The molecule has 0 saturated carbocycles. The van der Waals surface area contributed by atoms with Crippen molar-refractivity contribution < 1.29 is 18.9 Å². The molecule has 0 aliphatic rings.